The first kappa shape index (κ1) is 13.6. The fourth-order valence-corrected chi connectivity index (χ4v) is 3.35. The summed E-state index contributed by atoms with van der Waals surface area (Å²) in [6, 6.07) is 10.9. The lowest BCUT2D eigenvalue weighted by Gasteiger charge is -2.19. The number of H-pyrrole nitrogens is 1. The lowest BCUT2D eigenvalue weighted by molar-refractivity contribution is 0.271. The molecular weight excluding hydrogens is 274 g/mol. The average molecular weight is 295 g/mol. The summed E-state index contributed by atoms with van der Waals surface area (Å²) in [5.74, 6) is 1.96. The maximum absolute atomic E-state index is 5.46. The predicted molar refractivity (Wildman–Crippen MR) is 87.8 cm³/mol. The monoisotopic (exact) mass is 295 g/mol. The lowest BCUT2D eigenvalue weighted by Crippen LogP contribution is -2.29. The third-order valence-corrected chi connectivity index (χ3v) is 4.66. The molecular formula is C18H21N3O. The van der Waals surface area contributed by atoms with E-state index in [0.29, 0.717) is 0 Å². The Hall–Kier alpha value is -2.07. The Bertz CT molecular complexity index is 760. The van der Waals surface area contributed by atoms with Gasteiger partial charge in [0.05, 0.1) is 17.3 Å². The first-order valence-electron chi connectivity index (χ1n) is 8.06. The van der Waals surface area contributed by atoms with E-state index in [1.165, 1.54) is 19.4 Å². The van der Waals surface area contributed by atoms with Gasteiger partial charge in [-0.3, -0.25) is 0 Å². The van der Waals surface area contributed by atoms with Gasteiger partial charge in [-0.2, -0.15) is 0 Å². The summed E-state index contributed by atoms with van der Waals surface area (Å²) in [5, 5.41) is 0. The van der Waals surface area contributed by atoms with E-state index in [-0.39, 0.29) is 0 Å². The molecule has 4 heteroatoms. The predicted octanol–water partition coefficient (Wildman–Crippen LogP) is 3.85. The molecule has 22 heavy (non-hydrogen) atoms. The maximum atomic E-state index is 5.46. The summed E-state index contributed by atoms with van der Waals surface area (Å²) >= 11 is 0. The number of imidazole rings is 1. The molecule has 0 amide bonds. The van der Waals surface area contributed by atoms with Gasteiger partial charge in [-0.15, -0.1) is 0 Å². The zero-order valence-corrected chi connectivity index (χ0v) is 12.9. The summed E-state index contributed by atoms with van der Waals surface area (Å²) in [6.07, 6.45) is 5.34. The molecule has 0 saturated carbocycles. The number of hydrogen-bond acceptors (Lipinski definition) is 3. The number of rotatable bonds is 4. The van der Waals surface area contributed by atoms with Gasteiger partial charge in [-0.25, -0.2) is 4.98 Å². The molecule has 1 N–H and O–H groups in total. The van der Waals surface area contributed by atoms with Crippen LogP contribution < -0.4 is 0 Å². The van der Waals surface area contributed by atoms with Crippen LogP contribution in [0.4, 0.5) is 0 Å². The van der Waals surface area contributed by atoms with Crippen molar-refractivity contribution in [2.45, 2.75) is 32.2 Å². The highest BCUT2D eigenvalue weighted by atomic mass is 16.3. The summed E-state index contributed by atoms with van der Waals surface area (Å²) in [7, 11) is 0. The number of likely N-dealkylation sites (tertiary alicyclic amines) is 1. The SMILES string of the molecule is CC1CCCN1CCc1nc2cc(-c3ccco3)ccc2[nH]1. The van der Waals surface area contributed by atoms with E-state index < -0.39 is 0 Å². The quantitative estimate of drug-likeness (QED) is 0.795. The van der Waals surface area contributed by atoms with Gasteiger partial charge in [0.1, 0.15) is 11.6 Å². The van der Waals surface area contributed by atoms with E-state index in [2.05, 4.69) is 35.0 Å². The molecule has 1 aliphatic heterocycles. The van der Waals surface area contributed by atoms with E-state index >= 15 is 0 Å². The van der Waals surface area contributed by atoms with Crippen LogP contribution >= 0.6 is 0 Å². The summed E-state index contributed by atoms with van der Waals surface area (Å²) in [6.45, 7) is 4.64. The molecule has 3 aromatic rings. The molecule has 3 heterocycles. The molecule has 1 fully saturated rings. The molecule has 0 bridgehead atoms. The van der Waals surface area contributed by atoms with Gasteiger partial charge in [-0.05, 0) is 56.6 Å². The fraction of sp³-hybridized carbons (Fsp3) is 0.389. The van der Waals surface area contributed by atoms with Crippen molar-refractivity contribution in [1.29, 1.82) is 0 Å². The van der Waals surface area contributed by atoms with Gasteiger partial charge in [0.2, 0.25) is 0 Å². The summed E-state index contributed by atoms with van der Waals surface area (Å²) in [5.41, 5.74) is 3.18. The van der Waals surface area contributed by atoms with Crippen LogP contribution in [0.3, 0.4) is 0 Å². The third kappa shape index (κ3) is 2.55. The van der Waals surface area contributed by atoms with Crippen LogP contribution in [0.2, 0.25) is 0 Å². The van der Waals surface area contributed by atoms with Gasteiger partial charge in [-0.1, -0.05) is 0 Å². The smallest absolute Gasteiger partial charge is 0.133 e. The van der Waals surface area contributed by atoms with E-state index in [1.54, 1.807) is 6.26 Å². The van der Waals surface area contributed by atoms with Gasteiger partial charge < -0.3 is 14.3 Å². The second-order valence-corrected chi connectivity index (χ2v) is 6.17. The molecule has 1 unspecified atom stereocenters. The van der Waals surface area contributed by atoms with Crippen molar-refractivity contribution in [3.05, 3.63) is 42.4 Å². The fourth-order valence-electron chi connectivity index (χ4n) is 3.35. The third-order valence-electron chi connectivity index (χ3n) is 4.66. The highest BCUT2D eigenvalue weighted by molar-refractivity contribution is 5.80. The van der Waals surface area contributed by atoms with Crippen LogP contribution in [0.1, 0.15) is 25.6 Å². The normalized spacial score (nSPS) is 19.2. The number of aromatic nitrogens is 2. The topological polar surface area (TPSA) is 45.1 Å². The zero-order valence-electron chi connectivity index (χ0n) is 12.9. The Balaban J connectivity index is 1.53. The molecule has 0 aliphatic carbocycles. The van der Waals surface area contributed by atoms with Crippen LogP contribution in [0.25, 0.3) is 22.4 Å². The number of nitrogens with zero attached hydrogens (tertiary/aromatic N) is 2. The van der Waals surface area contributed by atoms with Crippen LogP contribution in [-0.2, 0) is 6.42 Å². The standard InChI is InChI=1S/C18H21N3O/c1-13-4-2-9-21(13)10-8-18-19-15-7-6-14(12-16(15)20-18)17-5-3-11-22-17/h3,5-7,11-13H,2,4,8-10H2,1H3,(H,19,20). The minimum Gasteiger partial charge on any atom is -0.464 e. The Morgan fingerprint density at radius 2 is 2.32 bits per heavy atom. The van der Waals surface area contributed by atoms with Crippen molar-refractivity contribution in [2.24, 2.45) is 0 Å². The Morgan fingerprint density at radius 3 is 3.09 bits per heavy atom. The maximum Gasteiger partial charge on any atom is 0.133 e. The van der Waals surface area contributed by atoms with Gasteiger partial charge in [0.25, 0.3) is 0 Å². The Kier molecular flexibility index (Phi) is 3.47. The molecule has 4 rings (SSSR count). The number of fused-ring (bicyclic) bond motifs is 1. The number of nitrogens with one attached hydrogen (secondary N) is 1. The molecule has 1 aromatic carbocycles. The number of furan rings is 1. The number of benzene rings is 1. The van der Waals surface area contributed by atoms with E-state index in [4.69, 9.17) is 9.40 Å². The molecule has 1 aliphatic rings. The van der Waals surface area contributed by atoms with Crippen molar-refractivity contribution >= 4 is 11.0 Å². The first-order valence-corrected chi connectivity index (χ1v) is 8.06. The lowest BCUT2D eigenvalue weighted by atomic mass is 10.1. The first-order chi connectivity index (χ1) is 10.8. The minimum absolute atomic E-state index is 0.718. The van der Waals surface area contributed by atoms with Crippen LogP contribution in [0.15, 0.2) is 41.0 Å². The molecule has 1 atom stereocenters. The van der Waals surface area contributed by atoms with Crippen molar-refractivity contribution in [3.63, 3.8) is 0 Å². The largest absolute Gasteiger partial charge is 0.464 e. The van der Waals surface area contributed by atoms with Crippen LogP contribution in [0, 0.1) is 0 Å². The highest BCUT2D eigenvalue weighted by Crippen LogP contribution is 2.24. The average Bonchev–Trinajstić information content (AvgIpc) is 3.25. The van der Waals surface area contributed by atoms with Gasteiger partial charge >= 0.3 is 0 Å². The van der Waals surface area contributed by atoms with Crippen LogP contribution in [0.5, 0.6) is 0 Å². The molecule has 0 radical (unpaired) electrons. The highest BCUT2D eigenvalue weighted by Gasteiger charge is 2.19. The minimum atomic E-state index is 0.718. The van der Waals surface area contributed by atoms with Crippen molar-refractivity contribution in [2.75, 3.05) is 13.1 Å². The van der Waals surface area contributed by atoms with Gasteiger partial charge in [0.15, 0.2) is 0 Å². The van der Waals surface area contributed by atoms with Crippen molar-refractivity contribution < 1.29 is 4.42 Å². The second kappa shape index (κ2) is 5.61. The Labute approximate surface area is 130 Å². The zero-order chi connectivity index (χ0) is 14.9. The van der Waals surface area contributed by atoms with Crippen molar-refractivity contribution in [3.8, 4) is 11.3 Å². The van der Waals surface area contributed by atoms with Gasteiger partial charge in [0, 0.05) is 24.6 Å². The van der Waals surface area contributed by atoms with E-state index in [1.807, 2.05) is 12.1 Å². The van der Waals surface area contributed by atoms with E-state index in [9.17, 15) is 0 Å². The number of hydrogen-bond donors (Lipinski definition) is 1. The summed E-state index contributed by atoms with van der Waals surface area (Å²) < 4.78 is 5.46. The molecule has 2 aromatic heterocycles. The van der Waals surface area contributed by atoms with E-state index in [0.717, 1.165) is 47.2 Å². The van der Waals surface area contributed by atoms with Crippen LogP contribution in [-0.4, -0.2) is 34.0 Å². The Morgan fingerprint density at radius 1 is 1.36 bits per heavy atom. The molecule has 114 valence electrons. The second-order valence-electron chi connectivity index (χ2n) is 6.17. The molecule has 1 saturated heterocycles. The summed E-state index contributed by atoms with van der Waals surface area (Å²) in [4.78, 5) is 10.7. The number of aromatic amines is 1. The molecule has 0 spiro atoms. The molecule has 4 nitrogen and oxygen atoms in total. The van der Waals surface area contributed by atoms with Crippen molar-refractivity contribution in [1.82, 2.24) is 14.9 Å².